The van der Waals surface area contributed by atoms with E-state index in [9.17, 15) is 0 Å². The van der Waals surface area contributed by atoms with Crippen LogP contribution in [0.4, 0.5) is 5.69 Å². The van der Waals surface area contributed by atoms with Gasteiger partial charge >= 0.3 is 0 Å². The summed E-state index contributed by atoms with van der Waals surface area (Å²) in [4.78, 5) is 2.64. The molecule has 3 aliphatic rings. The number of anilines is 1. The van der Waals surface area contributed by atoms with Crippen molar-refractivity contribution in [2.75, 3.05) is 4.90 Å². The van der Waals surface area contributed by atoms with Gasteiger partial charge in [0.05, 0.1) is 16.6 Å². The molecule has 1 unspecified atom stereocenters. The molecule has 7 aromatic carbocycles. The molecule has 1 atom stereocenters. The summed E-state index contributed by atoms with van der Waals surface area (Å²) in [6.45, 7) is 4.68. The number of rotatable bonds is 3. The van der Waals surface area contributed by atoms with Gasteiger partial charge in [0.15, 0.2) is 0 Å². The van der Waals surface area contributed by atoms with E-state index in [0.717, 1.165) is 19.3 Å². The smallest absolute Gasteiger partial charge is 0.0712 e. The van der Waals surface area contributed by atoms with Crippen molar-refractivity contribution in [1.82, 2.24) is 4.57 Å². The normalized spacial score (nSPS) is 18.7. The molecule has 8 aromatic rings. The van der Waals surface area contributed by atoms with Gasteiger partial charge in [0.1, 0.15) is 0 Å². The third-order valence-corrected chi connectivity index (χ3v) is 12.1. The highest BCUT2D eigenvalue weighted by atomic mass is 15.2. The lowest BCUT2D eigenvalue weighted by atomic mass is 9.79. The molecule has 52 heavy (non-hydrogen) atoms. The Bertz CT molecular complexity index is 2910. The number of para-hydroxylation sites is 2. The molecule has 0 N–H and O–H groups in total. The number of allylic oxidation sites excluding steroid dienone is 5. The summed E-state index contributed by atoms with van der Waals surface area (Å²) in [6, 6.07) is 51.8. The maximum Gasteiger partial charge on any atom is 0.0712 e. The van der Waals surface area contributed by atoms with Crippen LogP contribution in [0.1, 0.15) is 38.7 Å². The van der Waals surface area contributed by atoms with Crippen LogP contribution in [-0.4, -0.2) is 10.1 Å². The van der Waals surface area contributed by atoms with E-state index >= 15 is 0 Å². The quantitative estimate of drug-likeness (QED) is 0.170. The van der Waals surface area contributed by atoms with Gasteiger partial charge in [-0.25, -0.2) is 0 Å². The Morgan fingerprint density at radius 2 is 1.15 bits per heavy atom. The predicted molar refractivity (Wildman–Crippen MR) is 221 cm³/mol. The minimum atomic E-state index is -0.0771. The largest absolute Gasteiger partial charge is 0.334 e. The van der Waals surface area contributed by atoms with Gasteiger partial charge in [0, 0.05) is 27.8 Å². The van der Waals surface area contributed by atoms with Crippen molar-refractivity contribution in [3.8, 4) is 5.69 Å². The summed E-state index contributed by atoms with van der Waals surface area (Å²) in [5.74, 6) is 0. The molecule has 1 aromatic heterocycles. The summed E-state index contributed by atoms with van der Waals surface area (Å²) in [5, 5.41) is 10.4. The van der Waals surface area contributed by atoms with Gasteiger partial charge in [0.2, 0.25) is 0 Å². The minimum absolute atomic E-state index is 0.0771. The predicted octanol–water partition coefficient (Wildman–Crippen LogP) is 13.2. The Hall–Kier alpha value is -6.12. The first-order valence-corrected chi connectivity index (χ1v) is 18.6. The fourth-order valence-electron chi connectivity index (χ4n) is 9.70. The molecule has 248 valence electrons. The average Bonchev–Trinajstić information content (AvgIpc) is 3.66. The molecule has 2 heterocycles. The topological polar surface area (TPSA) is 8.17 Å². The fourth-order valence-corrected chi connectivity index (χ4v) is 9.70. The molecule has 11 rings (SSSR count). The molecule has 0 fully saturated rings. The zero-order valence-corrected chi connectivity index (χ0v) is 29.5. The fraction of sp³-hybridized carbons (Fsp3) is 0.120. The van der Waals surface area contributed by atoms with Gasteiger partial charge in [-0.3, -0.25) is 0 Å². The van der Waals surface area contributed by atoms with E-state index in [4.69, 9.17) is 0 Å². The Morgan fingerprint density at radius 1 is 0.519 bits per heavy atom. The SMILES string of the molecule is CC1=CCC2(C)C(=C1)C1=C(CCC(c3ccc4c(c3)c3ccccc3n4-c3ccc4c5ccccc5c5ccccc5c4c3)=C1)N2c1ccccc1. The Labute approximate surface area is 303 Å². The minimum Gasteiger partial charge on any atom is -0.334 e. The van der Waals surface area contributed by atoms with Crippen LogP contribution < -0.4 is 4.90 Å². The highest BCUT2D eigenvalue weighted by Gasteiger charge is 2.47. The van der Waals surface area contributed by atoms with Crippen LogP contribution >= 0.6 is 0 Å². The maximum absolute atomic E-state index is 2.64. The van der Waals surface area contributed by atoms with Gasteiger partial charge < -0.3 is 9.47 Å². The highest BCUT2D eigenvalue weighted by Crippen LogP contribution is 2.53. The Balaban J connectivity index is 1.08. The van der Waals surface area contributed by atoms with E-state index in [-0.39, 0.29) is 5.54 Å². The summed E-state index contributed by atoms with van der Waals surface area (Å²) >= 11 is 0. The van der Waals surface area contributed by atoms with Crippen molar-refractivity contribution < 1.29 is 0 Å². The molecule has 0 amide bonds. The second-order valence-corrected chi connectivity index (χ2v) is 15.1. The molecule has 0 spiro atoms. The molecular formula is C50H38N2. The van der Waals surface area contributed by atoms with Crippen molar-refractivity contribution >= 4 is 65.4 Å². The first-order chi connectivity index (χ1) is 25.6. The Morgan fingerprint density at radius 3 is 1.90 bits per heavy atom. The van der Waals surface area contributed by atoms with Crippen LogP contribution in [-0.2, 0) is 0 Å². The maximum atomic E-state index is 2.64. The molecule has 0 saturated heterocycles. The number of aromatic nitrogens is 1. The Kier molecular flexibility index (Phi) is 6.23. The van der Waals surface area contributed by atoms with Crippen molar-refractivity contribution in [2.45, 2.75) is 38.6 Å². The second-order valence-electron chi connectivity index (χ2n) is 15.1. The van der Waals surface area contributed by atoms with E-state index in [1.165, 1.54) is 99.1 Å². The third-order valence-electron chi connectivity index (χ3n) is 12.1. The summed E-state index contributed by atoms with van der Waals surface area (Å²) in [6.07, 6.45) is 10.4. The zero-order valence-electron chi connectivity index (χ0n) is 29.5. The van der Waals surface area contributed by atoms with Crippen LogP contribution in [0.2, 0.25) is 0 Å². The van der Waals surface area contributed by atoms with Crippen LogP contribution in [0.3, 0.4) is 0 Å². The lowest BCUT2D eigenvalue weighted by molar-refractivity contribution is 0.543. The summed E-state index contributed by atoms with van der Waals surface area (Å²) in [5.41, 5.74) is 13.3. The molecule has 0 saturated carbocycles. The lowest BCUT2D eigenvalue weighted by Gasteiger charge is -2.41. The number of benzene rings is 7. The van der Waals surface area contributed by atoms with E-state index < -0.39 is 0 Å². The van der Waals surface area contributed by atoms with Crippen LogP contribution in [0.15, 0.2) is 180 Å². The second kappa shape index (κ2) is 10.9. The molecule has 2 heteroatoms. The van der Waals surface area contributed by atoms with Crippen LogP contribution in [0, 0.1) is 0 Å². The third kappa shape index (κ3) is 4.12. The lowest BCUT2D eigenvalue weighted by Crippen LogP contribution is -2.43. The van der Waals surface area contributed by atoms with E-state index in [1.807, 2.05) is 0 Å². The monoisotopic (exact) mass is 666 g/mol. The van der Waals surface area contributed by atoms with E-state index in [0.29, 0.717) is 0 Å². The van der Waals surface area contributed by atoms with Crippen LogP contribution in [0.5, 0.6) is 0 Å². The average molecular weight is 667 g/mol. The summed E-state index contributed by atoms with van der Waals surface area (Å²) < 4.78 is 2.47. The van der Waals surface area contributed by atoms with E-state index in [1.54, 1.807) is 0 Å². The highest BCUT2D eigenvalue weighted by molar-refractivity contribution is 6.25. The molecular weight excluding hydrogens is 629 g/mol. The molecule has 2 aliphatic carbocycles. The van der Waals surface area contributed by atoms with Crippen molar-refractivity contribution in [1.29, 1.82) is 0 Å². The zero-order chi connectivity index (χ0) is 34.6. The number of nitrogens with zero attached hydrogens (tertiary/aromatic N) is 2. The number of hydrogen-bond acceptors (Lipinski definition) is 1. The number of hydrogen-bond donors (Lipinski definition) is 0. The first-order valence-electron chi connectivity index (χ1n) is 18.6. The van der Waals surface area contributed by atoms with Gasteiger partial charge in [0.25, 0.3) is 0 Å². The first kappa shape index (κ1) is 29.6. The van der Waals surface area contributed by atoms with Gasteiger partial charge in [-0.05, 0) is 136 Å². The van der Waals surface area contributed by atoms with Gasteiger partial charge in [-0.1, -0.05) is 115 Å². The van der Waals surface area contributed by atoms with Gasteiger partial charge in [-0.2, -0.15) is 0 Å². The van der Waals surface area contributed by atoms with Crippen molar-refractivity contribution in [3.05, 3.63) is 186 Å². The number of fused-ring (bicyclic) bond motifs is 11. The summed E-state index contributed by atoms with van der Waals surface area (Å²) in [7, 11) is 0. The molecule has 0 bridgehead atoms. The van der Waals surface area contributed by atoms with Gasteiger partial charge in [-0.15, -0.1) is 0 Å². The molecule has 1 aliphatic heterocycles. The van der Waals surface area contributed by atoms with E-state index in [2.05, 4.69) is 181 Å². The van der Waals surface area contributed by atoms with Crippen LogP contribution in [0.25, 0.3) is 65.4 Å². The van der Waals surface area contributed by atoms with Crippen molar-refractivity contribution in [3.63, 3.8) is 0 Å². The molecule has 0 radical (unpaired) electrons. The molecule has 2 nitrogen and oxygen atoms in total. The standard InChI is InChI=1S/C50H38N2/c1-32-26-27-50(2)46(28-32)45-30-34(21-25-49(45)52(50)35-12-4-3-5-13-35)33-20-24-48-44(29-33)42-18-10-11-19-47(42)51(48)36-22-23-41-39-16-7-6-14-37(39)38-15-8-9-17-40(38)43(41)31-36/h3-20,22-24,26,28-31H,21,25,27H2,1-2H3. The van der Waals surface area contributed by atoms with Crippen molar-refractivity contribution in [2.24, 2.45) is 0 Å².